The van der Waals surface area contributed by atoms with Crippen molar-refractivity contribution >= 4 is 16.9 Å². The van der Waals surface area contributed by atoms with Gasteiger partial charge in [0, 0.05) is 24.7 Å². The van der Waals surface area contributed by atoms with E-state index in [1.165, 1.54) is 6.07 Å². The van der Waals surface area contributed by atoms with Crippen LogP contribution in [0.15, 0.2) is 42.5 Å². The Hall–Kier alpha value is -3.34. The number of likely N-dealkylation sites (tertiary alicyclic amines) is 1. The van der Waals surface area contributed by atoms with Crippen LogP contribution in [0.3, 0.4) is 0 Å². The van der Waals surface area contributed by atoms with E-state index in [0.717, 1.165) is 12.1 Å². The van der Waals surface area contributed by atoms with E-state index in [1.807, 2.05) is 10.6 Å². The van der Waals surface area contributed by atoms with Crippen LogP contribution in [0, 0.1) is 18.3 Å². The Morgan fingerprint density at radius 1 is 1.17 bits per heavy atom. The van der Waals surface area contributed by atoms with Gasteiger partial charge in [-0.05, 0) is 56.2 Å². The quantitative estimate of drug-likeness (QED) is 0.612. The molecular formula is C22H19F3N4O. The lowest BCUT2D eigenvalue weighted by molar-refractivity contribution is -0.137. The average molecular weight is 412 g/mol. The van der Waals surface area contributed by atoms with Crippen molar-refractivity contribution in [2.45, 2.75) is 32.0 Å². The monoisotopic (exact) mass is 412 g/mol. The highest BCUT2D eigenvalue weighted by molar-refractivity contribution is 5.94. The number of amides is 1. The number of hydrogen-bond acceptors (Lipinski definition) is 3. The van der Waals surface area contributed by atoms with Crippen molar-refractivity contribution in [2.75, 3.05) is 13.1 Å². The van der Waals surface area contributed by atoms with Gasteiger partial charge < -0.3 is 9.47 Å². The summed E-state index contributed by atoms with van der Waals surface area (Å²) in [5.41, 5.74) is 1.21. The first-order valence-corrected chi connectivity index (χ1v) is 9.63. The standard InChI is InChI=1S/C22H19F3N4O/c1-14-27-19-12-17(22(23,24)25)5-6-20(19)29(14)18-7-9-28(10-8-18)21(30)16-4-2-3-15(11-16)13-26/h2-6,11-12,18H,7-10H2,1H3. The van der Waals surface area contributed by atoms with Crippen LogP contribution in [0.4, 0.5) is 13.2 Å². The molecule has 3 aromatic rings. The molecule has 0 aliphatic carbocycles. The molecule has 154 valence electrons. The van der Waals surface area contributed by atoms with Gasteiger partial charge in [-0.2, -0.15) is 18.4 Å². The number of carbonyl (C=O) groups is 1. The minimum atomic E-state index is -4.40. The number of aromatic nitrogens is 2. The van der Waals surface area contributed by atoms with Crippen molar-refractivity contribution in [1.29, 1.82) is 5.26 Å². The highest BCUT2D eigenvalue weighted by Crippen LogP contribution is 2.34. The van der Waals surface area contributed by atoms with Gasteiger partial charge in [0.1, 0.15) is 5.82 Å². The van der Waals surface area contributed by atoms with Crippen LogP contribution in [-0.2, 0) is 6.18 Å². The molecule has 0 atom stereocenters. The molecule has 0 spiro atoms. The third-order valence-electron chi connectivity index (χ3n) is 5.55. The van der Waals surface area contributed by atoms with Gasteiger partial charge in [-0.3, -0.25) is 4.79 Å². The van der Waals surface area contributed by atoms with Crippen LogP contribution in [0.1, 0.15) is 46.2 Å². The second-order valence-electron chi connectivity index (χ2n) is 7.45. The third kappa shape index (κ3) is 3.63. The predicted molar refractivity (Wildman–Crippen MR) is 105 cm³/mol. The average Bonchev–Trinajstić information content (AvgIpc) is 3.07. The molecule has 0 radical (unpaired) electrons. The maximum Gasteiger partial charge on any atom is 0.416 e. The van der Waals surface area contributed by atoms with Crippen molar-refractivity contribution < 1.29 is 18.0 Å². The number of aryl methyl sites for hydroxylation is 1. The first-order chi connectivity index (χ1) is 14.3. The fraction of sp³-hybridized carbons (Fsp3) is 0.318. The van der Waals surface area contributed by atoms with E-state index in [2.05, 4.69) is 4.98 Å². The molecule has 1 aliphatic heterocycles. The maximum absolute atomic E-state index is 13.0. The molecule has 0 N–H and O–H groups in total. The van der Waals surface area contributed by atoms with Crippen molar-refractivity contribution in [1.82, 2.24) is 14.5 Å². The summed E-state index contributed by atoms with van der Waals surface area (Å²) in [6.07, 6.45) is -3.05. The lowest BCUT2D eigenvalue weighted by atomic mass is 10.0. The zero-order valence-electron chi connectivity index (χ0n) is 16.3. The van der Waals surface area contributed by atoms with Crippen LogP contribution >= 0.6 is 0 Å². The Kier molecular flexibility index (Phi) is 4.98. The van der Waals surface area contributed by atoms with Crippen LogP contribution in [-0.4, -0.2) is 33.4 Å². The van der Waals surface area contributed by atoms with Crippen molar-refractivity contribution in [3.05, 3.63) is 65.0 Å². The Labute approximate surface area is 171 Å². The molecule has 1 saturated heterocycles. The number of fused-ring (bicyclic) bond motifs is 1. The second-order valence-corrected chi connectivity index (χ2v) is 7.45. The second kappa shape index (κ2) is 7.48. The zero-order chi connectivity index (χ0) is 21.5. The van der Waals surface area contributed by atoms with Gasteiger partial charge in [0.25, 0.3) is 5.91 Å². The molecule has 2 aromatic carbocycles. The Morgan fingerprint density at radius 3 is 2.57 bits per heavy atom. The lowest BCUT2D eigenvalue weighted by Crippen LogP contribution is -2.39. The first kappa shape index (κ1) is 20.0. The van der Waals surface area contributed by atoms with E-state index in [9.17, 15) is 18.0 Å². The molecule has 4 rings (SSSR count). The molecule has 5 nitrogen and oxygen atoms in total. The minimum Gasteiger partial charge on any atom is -0.338 e. The molecule has 30 heavy (non-hydrogen) atoms. The third-order valence-corrected chi connectivity index (χ3v) is 5.55. The van der Waals surface area contributed by atoms with Crippen molar-refractivity contribution in [3.8, 4) is 6.07 Å². The molecule has 1 aromatic heterocycles. The maximum atomic E-state index is 13.0. The number of imidazole rings is 1. The lowest BCUT2D eigenvalue weighted by Gasteiger charge is -2.33. The summed E-state index contributed by atoms with van der Waals surface area (Å²) in [5.74, 6) is 0.545. The van der Waals surface area contributed by atoms with Crippen LogP contribution in [0.25, 0.3) is 11.0 Å². The van der Waals surface area contributed by atoms with Crippen LogP contribution in [0.2, 0.25) is 0 Å². The number of hydrogen-bond donors (Lipinski definition) is 0. The van der Waals surface area contributed by atoms with Gasteiger partial charge in [0.15, 0.2) is 0 Å². The zero-order valence-corrected chi connectivity index (χ0v) is 16.3. The fourth-order valence-corrected chi connectivity index (χ4v) is 4.09. The SMILES string of the molecule is Cc1nc2cc(C(F)(F)F)ccc2n1C1CCN(C(=O)c2cccc(C#N)c2)CC1. The molecule has 0 saturated carbocycles. The summed E-state index contributed by atoms with van der Waals surface area (Å²) in [6, 6.07) is 12.4. The summed E-state index contributed by atoms with van der Waals surface area (Å²) in [5, 5.41) is 9.02. The van der Waals surface area contributed by atoms with Crippen LogP contribution < -0.4 is 0 Å². The number of nitrogens with zero attached hydrogens (tertiary/aromatic N) is 4. The van der Waals surface area contributed by atoms with Gasteiger partial charge in [-0.1, -0.05) is 6.07 Å². The number of piperidine rings is 1. The number of halogens is 3. The summed E-state index contributed by atoms with van der Waals surface area (Å²) < 4.78 is 41.0. The van der Waals surface area contributed by atoms with E-state index in [-0.39, 0.29) is 11.9 Å². The fourth-order valence-electron chi connectivity index (χ4n) is 4.09. The van der Waals surface area contributed by atoms with E-state index in [4.69, 9.17) is 5.26 Å². The summed E-state index contributed by atoms with van der Waals surface area (Å²) in [4.78, 5) is 18.9. The van der Waals surface area contributed by atoms with E-state index in [1.54, 1.807) is 36.1 Å². The highest BCUT2D eigenvalue weighted by Gasteiger charge is 2.32. The Bertz CT molecular complexity index is 1150. The number of nitriles is 1. The molecule has 2 heterocycles. The number of benzene rings is 2. The number of alkyl halides is 3. The van der Waals surface area contributed by atoms with E-state index >= 15 is 0 Å². The number of carbonyl (C=O) groups excluding carboxylic acids is 1. The van der Waals surface area contributed by atoms with E-state index < -0.39 is 11.7 Å². The highest BCUT2D eigenvalue weighted by atomic mass is 19.4. The number of rotatable bonds is 2. The molecule has 8 heteroatoms. The smallest absolute Gasteiger partial charge is 0.338 e. The van der Waals surface area contributed by atoms with Gasteiger partial charge in [0.05, 0.1) is 28.2 Å². The molecule has 1 fully saturated rings. The molecule has 1 amide bonds. The van der Waals surface area contributed by atoms with Crippen LogP contribution in [0.5, 0.6) is 0 Å². The largest absolute Gasteiger partial charge is 0.416 e. The van der Waals surface area contributed by atoms with Crippen molar-refractivity contribution in [2.24, 2.45) is 0 Å². The van der Waals surface area contributed by atoms with Gasteiger partial charge in [0.2, 0.25) is 0 Å². The van der Waals surface area contributed by atoms with Gasteiger partial charge in [-0.25, -0.2) is 4.98 Å². The van der Waals surface area contributed by atoms with Gasteiger partial charge >= 0.3 is 6.18 Å². The predicted octanol–water partition coefficient (Wildman–Crippen LogP) is 4.71. The summed E-state index contributed by atoms with van der Waals surface area (Å²) in [7, 11) is 0. The topological polar surface area (TPSA) is 61.9 Å². The molecule has 0 bridgehead atoms. The molecule has 0 unspecified atom stereocenters. The first-order valence-electron chi connectivity index (χ1n) is 9.63. The van der Waals surface area contributed by atoms with Gasteiger partial charge in [-0.15, -0.1) is 0 Å². The summed E-state index contributed by atoms with van der Waals surface area (Å²) in [6.45, 7) is 2.85. The Balaban J connectivity index is 1.53. The molecular weight excluding hydrogens is 393 g/mol. The summed E-state index contributed by atoms with van der Waals surface area (Å²) >= 11 is 0. The minimum absolute atomic E-state index is 0.0567. The normalized spacial score (nSPS) is 15.4. The molecule has 1 aliphatic rings. The van der Waals surface area contributed by atoms with Crippen molar-refractivity contribution in [3.63, 3.8) is 0 Å². The van der Waals surface area contributed by atoms with E-state index in [0.29, 0.717) is 53.9 Å². The Morgan fingerprint density at radius 2 is 1.90 bits per heavy atom.